The van der Waals surface area contributed by atoms with Crippen LogP contribution in [0.1, 0.15) is 76.2 Å². The summed E-state index contributed by atoms with van der Waals surface area (Å²) in [6, 6.07) is 6.19. The second kappa shape index (κ2) is 12.2. The van der Waals surface area contributed by atoms with Crippen LogP contribution >= 0.6 is 8.53 Å². The van der Waals surface area contributed by atoms with E-state index in [1.807, 2.05) is 0 Å². The molecule has 9 nitrogen and oxygen atoms in total. The molecule has 0 aliphatic carbocycles. The number of rotatable bonds is 10. The van der Waals surface area contributed by atoms with Crippen molar-refractivity contribution in [2.75, 3.05) is 31.2 Å². The second-order valence-electron chi connectivity index (χ2n) is 11.2. The van der Waals surface area contributed by atoms with Crippen molar-refractivity contribution in [3.63, 3.8) is 0 Å². The van der Waals surface area contributed by atoms with Crippen LogP contribution < -0.4 is 10.5 Å². The Balaban J connectivity index is 1.47. The minimum Gasteiger partial charge on any atom is -0.422 e. The Kier molecular flexibility index (Phi) is 8.92. The lowest BCUT2D eigenvalue weighted by atomic mass is 9.88. The molecule has 4 heterocycles. The van der Waals surface area contributed by atoms with Crippen molar-refractivity contribution in [2.24, 2.45) is 0 Å². The molecule has 1 unspecified atom stereocenters. The van der Waals surface area contributed by atoms with Gasteiger partial charge < -0.3 is 28.2 Å². The molecule has 0 radical (unpaired) electrons. The van der Waals surface area contributed by atoms with Crippen molar-refractivity contribution >= 4 is 25.2 Å². The molecule has 5 rings (SSSR count). The minimum absolute atomic E-state index is 0.161. The average molecular weight is 558 g/mol. The lowest BCUT2D eigenvalue weighted by Gasteiger charge is -2.37. The van der Waals surface area contributed by atoms with Crippen LogP contribution in [0.5, 0.6) is 0 Å². The third-order valence-corrected chi connectivity index (χ3v) is 10.0. The molecule has 1 aromatic carbocycles. The van der Waals surface area contributed by atoms with Gasteiger partial charge in [0.1, 0.15) is 11.7 Å². The fourth-order valence-electron chi connectivity index (χ4n) is 6.36. The summed E-state index contributed by atoms with van der Waals surface area (Å²) in [7, 11) is -1.49. The third kappa shape index (κ3) is 5.74. The topological polar surface area (TPSA) is 108 Å². The van der Waals surface area contributed by atoms with E-state index >= 15 is 0 Å². The highest BCUT2D eigenvalue weighted by Gasteiger charge is 2.42. The van der Waals surface area contributed by atoms with Gasteiger partial charge in [0.15, 0.2) is 0 Å². The fraction of sp³-hybridized carbons (Fsp3) is 0.655. The van der Waals surface area contributed by atoms with Crippen molar-refractivity contribution in [1.29, 1.82) is 5.26 Å². The van der Waals surface area contributed by atoms with Crippen LogP contribution in [0.4, 0.5) is 5.69 Å². The molecule has 3 aliphatic rings. The van der Waals surface area contributed by atoms with Crippen molar-refractivity contribution in [1.82, 2.24) is 4.67 Å². The molecule has 3 aliphatic heterocycles. The highest BCUT2D eigenvalue weighted by Crippen LogP contribution is 2.51. The first-order valence-corrected chi connectivity index (χ1v) is 15.3. The zero-order chi connectivity index (χ0) is 27.7. The number of fused-ring (bicyclic) bond motifs is 2. The van der Waals surface area contributed by atoms with Crippen LogP contribution in [0.2, 0.25) is 0 Å². The molecule has 1 N–H and O–H groups in total. The van der Waals surface area contributed by atoms with E-state index in [0.29, 0.717) is 12.0 Å². The smallest absolute Gasteiger partial charge is 0.336 e. The Hall–Kier alpha value is -2.05. The van der Waals surface area contributed by atoms with Gasteiger partial charge in [-0.25, -0.2) is 9.46 Å². The number of nitrogens with zero attached hydrogens (tertiary/aromatic N) is 3. The first kappa shape index (κ1) is 28.5. The van der Waals surface area contributed by atoms with Gasteiger partial charge in [0, 0.05) is 54.3 Å². The summed E-state index contributed by atoms with van der Waals surface area (Å²) in [5.74, 6) is 0. The Bertz CT molecular complexity index is 1260. The Morgan fingerprint density at radius 2 is 1.95 bits per heavy atom. The Morgan fingerprint density at radius 3 is 2.64 bits per heavy atom. The number of hydrogen-bond acceptors (Lipinski definition) is 9. The lowest BCUT2D eigenvalue weighted by molar-refractivity contribution is -0.0197. The number of anilines is 1. The average Bonchev–Trinajstić information content (AvgIpc) is 3.31. The van der Waals surface area contributed by atoms with Crippen molar-refractivity contribution in [3.8, 4) is 6.07 Å². The van der Waals surface area contributed by atoms with Gasteiger partial charge in [-0.3, -0.25) is 0 Å². The van der Waals surface area contributed by atoms with Crippen LogP contribution in [0.15, 0.2) is 21.3 Å². The van der Waals surface area contributed by atoms with E-state index in [1.165, 1.54) is 11.3 Å². The van der Waals surface area contributed by atoms with E-state index in [9.17, 15) is 9.90 Å². The number of ether oxygens (including phenoxy) is 1. The summed E-state index contributed by atoms with van der Waals surface area (Å²) < 4.78 is 27.1. The molecule has 0 saturated carbocycles. The van der Waals surface area contributed by atoms with Gasteiger partial charge in [-0.15, -0.1) is 0 Å². The first-order chi connectivity index (χ1) is 18.8. The zero-order valence-electron chi connectivity index (χ0n) is 23.4. The zero-order valence-corrected chi connectivity index (χ0v) is 24.3. The summed E-state index contributed by atoms with van der Waals surface area (Å²) in [6.45, 7) is 10.5. The standard InChI is InChI=1S/C29H40N3O6P/c1-18(2)32(19(3)4)39(35-13-7-10-30)38-25-16-24(36-26(25)17-33)22-15-27(34)37-29-21-9-6-12-31-11-5-8-20(28(21)31)14-23(22)29/h14-15,18-19,24-26,33H,5-9,11-13,16-17H2,1-4H3/t24-,25+,26-,39?/m1/s1. The van der Waals surface area contributed by atoms with E-state index < -0.39 is 26.8 Å². The van der Waals surface area contributed by atoms with Gasteiger partial charge >= 0.3 is 5.63 Å². The van der Waals surface area contributed by atoms with Gasteiger partial charge in [0.25, 0.3) is 8.53 Å². The van der Waals surface area contributed by atoms with E-state index in [1.54, 1.807) is 6.07 Å². The second-order valence-corrected chi connectivity index (χ2v) is 12.6. The Morgan fingerprint density at radius 1 is 1.21 bits per heavy atom. The summed E-state index contributed by atoms with van der Waals surface area (Å²) >= 11 is 0. The third-order valence-electron chi connectivity index (χ3n) is 7.87. The predicted octanol–water partition coefficient (Wildman–Crippen LogP) is 4.98. The number of aryl methyl sites for hydroxylation is 2. The molecule has 0 amide bonds. The van der Waals surface area contributed by atoms with Gasteiger partial charge in [0.05, 0.1) is 37.9 Å². The molecule has 4 atom stereocenters. The largest absolute Gasteiger partial charge is 0.422 e. The highest BCUT2D eigenvalue weighted by atomic mass is 31.2. The molecular formula is C29H40N3O6P. The molecule has 1 aromatic heterocycles. The van der Waals surface area contributed by atoms with Gasteiger partial charge in [-0.1, -0.05) is 0 Å². The summed E-state index contributed by atoms with van der Waals surface area (Å²) in [4.78, 5) is 15.3. The van der Waals surface area contributed by atoms with Crippen LogP contribution in [0.3, 0.4) is 0 Å². The number of hydrogen-bond donors (Lipinski definition) is 1. The maximum absolute atomic E-state index is 12.8. The van der Waals surface area contributed by atoms with Crippen molar-refractivity contribution in [3.05, 3.63) is 39.2 Å². The SMILES string of the molecule is CC(C)N(C(C)C)P(OCCC#N)O[C@H]1C[C@H](c2cc(=O)oc3c4c5c(cc23)CCCN5CCC4)O[C@@H]1CO. The normalized spacial score (nSPS) is 23.6. The van der Waals surface area contributed by atoms with Crippen LogP contribution in [0, 0.1) is 11.3 Å². The van der Waals surface area contributed by atoms with Gasteiger partial charge in [-0.2, -0.15) is 5.26 Å². The van der Waals surface area contributed by atoms with Crippen LogP contribution in [0.25, 0.3) is 11.0 Å². The number of aliphatic hydroxyl groups is 1. The predicted molar refractivity (Wildman–Crippen MR) is 151 cm³/mol. The molecule has 212 valence electrons. The van der Waals surface area contributed by atoms with E-state index in [2.05, 4.69) is 49.4 Å². The van der Waals surface area contributed by atoms with Crippen molar-refractivity contribution < 1.29 is 23.3 Å². The molecule has 0 spiro atoms. The minimum atomic E-state index is -1.49. The summed E-state index contributed by atoms with van der Waals surface area (Å²) in [6.07, 6.45) is 3.40. The highest BCUT2D eigenvalue weighted by molar-refractivity contribution is 7.44. The molecule has 2 aromatic rings. The number of benzene rings is 1. The lowest BCUT2D eigenvalue weighted by Crippen LogP contribution is -2.36. The van der Waals surface area contributed by atoms with Crippen LogP contribution in [-0.4, -0.2) is 60.4 Å². The molecule has 1 saturated heterocycles. The summed E-state index contributed by atoms with van der Waals surface area (Å²) in [5, 5.41) is 20.2. The fourth-order valence-corrected chi connectivity index (χ4v) is 8.12. The molecular weight excluding hydrogens is 517 g/mol. The molecule has 10 heteroatoms. The van der Waals surface area contributed by atoms with Gasteiger partial charge in [-0.05, 0) is 70.6 Å². The van der Waals surface area contributed by atoms with Crippen molar-refractivity contribution in [2.45, 2.75) is 96.6 Å². The number of nitriles is 1. The molecule has 39 heavy (non-hydrogen) atoms. The Labute approximate surface area is 231 Å². The number of aliphatic hydroxyl groups excluding tert-OH is 1. The monoisotopic (exact) mass is 557 g/mol. The van der Waals surface area contributed by atoms with E-state index in [0.717, 1.165) is 55.3 Å². The van der Waals surface area contributed by atoms with Gasteiger partial charge in [0.2, 0.25) is 0 Å². The maximum Gasteiger partial charge on any atom is 0.336 e. The maximum atomic E-state index is 12.8. The van der Waals surface area contributed by atoms with Crippen LogP contribution in [-0.2, 0) is 26.6 Å². The summed E-state index contributed by atoms with van der Waals surface area (Å²) in [5.41, 5.74) is 4.78. The van der Waals surface area contributed by atoms with E-state index in [4.69, 9.17) is 23.5 Å². The first-order valence-electron chi connectivity index (χ1n) is 14.2. The molecule has 0 bridgehead atoms. The molecule has 1 fully saturated rings. The van der Waals surface area contributed by atoms with E-state index in [-0.39, 0.29) is 37.3 Å². The quantitative estimate of drug-likeness (QED) is 0.246.